The van der Waals surface area contributed by atoms with Crippen LogP contribution in [0.5, 0.6) is 0 Å². The molecule has 0 saturated heterocycles. The summed E-state index contributed by atoms with van der Waals surface area (Å²) >= 11 is 5.98. The molecule has 1 atom stereocenters. The molecular weight excluding hydrogens is 454 g/mol. The van der Waals surface area contributed by atoms with E-state index < -0.39 is 52.0 Å². The van der Waals surface area contributed by atoms with Crippen LogP contribution in [-0.2, 0) is 20.9 Å². The number of hydrazone groups is 1. The van der Waals surface area contributed by atoms with Gasteiger partial charge in [0.25, 0.3) is 17.7 Å². The minimum atomic E-state index is -5.07. The second-order valence-electron chi connectivity index (χ2n) is 6.95. The molecule has 0 N–H and O–H groups in total. The van der Waals surface area contributed by atoms with Crippen LogP contribution in [0.4, 0.5) is 23.2 Å². The molecule has 2 aromatic carbocycles. The van der Waals surface area contributed by atoms with Crippen LogP contribution in [0.1, 0.15) is 5.56 Å². The number of anilines is 1. The molecule has 0 aliphatic carbocycles. The number of alkyl halides is 3. The van der Waals surface area contributed by atoms with E-state index in [1.807, 2.05) is 0 Å². The lowest BCUT2D eigenvalue weighted by Gasteiger charge is -2.18. The zero-order chi connectivity index (χ0) is 23.2. The molecule has 0 spiro atoms. The maximum Gasteiger partial charge on any atom is 0.432 e. The molecule has 0 fully saturated rings. The van der Waals surface area contributed by atoms with Crippen molar-refractivity contribution in [3.05, 3.63) is 76.6 Å². The maximum atomic E-state index is 13.7. The Bertz CT molecular complexity index is 1180. The van der Waals surface area contributed by atoms with Gasteiger partial charge >= 0.3 is 6.18 Å². The molecule has 1 unspecified atom stereocenters. The van der Waals surface area contributed by atoms with E-state index in [4.69, 9.17) is 11.6 Å². The molecule has 2 aliphatic rings. The summed E-state index contributed by atoms with van der Waals surface area (Å²) in [4.78, 5) is 39.1. The highest BCUT2D eigenvalue weighted by molar-refractivity contribution is 6.49. The molecule has 2 heterocycles. The third-order valence-electron chi connectivity index (χ3n) is 4.92. The van der Waals surface area contributed by atoms with Gasteiger partial charge in [0.2, 0.25) is 0 Å². The van der Waals surface area contributed by atoms with E-state index in [0.29, 0.717) is 15.5 Å². The number of imide groups is 1. The number of halogens is 5. The molecule has 0 aromatic heterocycles. The number of hydrogen-bond donors (Lipinski definition) is 0. The molecule has 11 heteroatoms. The lowest BCUT2D eigenvalue weighted by molar-refractivity contribution is -0.138. The van der Waals surface area contributed by atoms with Crippen LogP contribution in [0.25, 0.3) is 0 Å². The molecule has 0 bridgehead atoms. The third kappa shape index (κ3) is 3.66. The molecule has 0 saturated carbocycles. The zero-order valence-corrected chi connectivity index (χ0v) is 16.7. The number of carbonyl (C=O) groups is 3. The molecule has 32 heavy (non-hydrogen) atoms. The predicted molar refractivity (Wildman–Crippen MR) is 106 cm³/mol. The summed E-state index contributed by atoms with van der Waals surface area (Å²) in [5.74, 6) is -6.11. The SMILES string of the molecule is O=C1C(Cl)=C(C2C(=O)N(c3ccccc3)N=C2C(F)(F)F)C(=O)N1Cc1ccc(F)cc1. The van der Waals surface area contributed by atoms with Gasteiger partial charge in [-0.05, 0) is 29.8 Å². The van der Waals surface area contributed by atoms with E-state index in [9.17, 15) is 31.9 Å². The minimum absolute atomic E-state index is 0.0541. The Labute approximate surface area is 183 Å². The van der Waals surface area contributed by atoms with Crippen LogP contribution in [0.15, 0.2) is 70.3 Å². The second kappa shape index (κ2) is 7.86. The number of rotatable bonds is 4. The Hall–Kier alpha value is -3.53. The average Bonchev–Trinajstić information content (AvgIpc) is 3.19. The van der Waals surface area contributed by atoms with Gasteiger partial charge in [0.05, 0.1) is 17.8 Å². The van der Waals surface area contributed by atoms with Crippen molar-refractivity contribution in [2.45, 2.75) is 12.7 Å². The predicted octanol–water partition coefficient (Wildman–Crippen LogP) is 3.77. The Balaban J connectivity index is 1.71. The van der Waals surface area contributed by atoms with Crippen molar-refractivity contribution >= 4 is 40.7 Å². The third-order valence-corrected chi connectivity index (χ3v) is 5.28. The standard InChI is InChI=1S/C21H12ClF4N3O3/c22-16-14(18(30)28(20(16)32)10-11-6-8-12(23)9-7-11)15-17(21(24,25)26)27-29(19(15)31)13-4-2-1-3-5-13/h1-9,15H,10H2. The summed E-state index contributed by atoms with van der Waals surface area (Å²) in [6.07, 6.45) is -5.07. The van der Waals surface area contributed by atoms with Crippen molar-refractivity contribution in [3.8, 4) is 0 Å². The summed E-state index contributed by atoms with van der Waals surface area (Å²) < 4.78 is 54.3. The van der Waals surface area contributed by atoms with E-state index in [-0.39, 0.29) is 12.2 Å². The van der Waals surface area contributed by atoms with Crippen molar-refractivity contribution in [1.82, 2.24) is 4.90 Å². The van der Waals surface area contributed by atoms with Gasteiger partial charge in [0.1, 0.15) is 16.8 Å². The van der Waals surface area contributed by atoms with Crippen molar-refractivity contribution in [3.63, 3.8) is 0 Å². The van der Waals surface area contributed by atoms with Crippen LogP contribution >= 0.6 is 11.6 Å². The fourth-order valence-corrected chi connectivity index (χ4v) is 3.71. The zero-order valence-electron chi connectivity index (χ0n) is 15.9. The number of benzene rings is 2. The molecule has 3 amide bonds. The molecule has 2 aromatic rings. The number of hydrogen-bond acceptors (Lipinski definition) is 4. The van der Waals surface area contributed by atoms with Crippen LogP contribution in [-0.4, -0.2) is 34.5 Å². The van der Waals surface area contributed by atoms with Crippen molar-refractivity contribution < 1.29 is 31.9 Å². The van der Waals surface area contributed by atoms with Gasteiger partial charge in [-0.1, -0.05) is 41.9 Å². The van der Waals surface area contributed by atoms with Gasteiger partial charge < -0.3 is 0 Å². The molecular formula is C21H12ClF4N3O3. The fraction of sp³-hybridized carbons (Fsp3) is 0.143. The fourth-order valence-electron chi connectivity index (χ4n) is 3.42. The quantitative estimate of drug-likeness (QED) is 0.510. The molecule has 0 radical (unpaired) electrons. The average molecular weight is 466 g/mol. The Morgan fingerprint density at radius 2 is 1.56 bits per heavy atom. The Morgan fingerprint density at radius 1 is 0.938 bits per heavy atom. The normalized spacial score (nSPS) is 19.3. The second-order valence-corrected chi connectivity index (χ2v) is 7.33. The van der Waals surface area contributed by atoms with Gasteiger partial charge in [-0.15, -0.1) is 0 Å². The topological polar surface area (TPSA) is 70.0 Å². The minimum Gasteiger partial charge on any atom is -0.271 e. The Kier molecular flexibility index (Phi) is 5.33. The number of amides is 3. The first kappa shape index (κ1) is 21.7. The van der Waals surface area contributed by atoms with Crippen LogP contribution in [0.2, 0.25) is 0 Å². The van der Waals surface area contributed by atoms with Crippen LogP contribution in [0.3, 0.4) is 0 Å². The van der Waals surface area contributed by atoms with Crippen molar-refractivity contribution in [1.29, 1.82) is 0 Å². The lowest BCUT2D eigenvalue weighted by atomic mass is 9.93. The first-order chi connectivity index (χ1) is 15.1. The number of carbonyl (C=O) groups excluding carboxylic acids is 3. The molecule has 6 nitrogen and oxygen atoms in total. The molecule has 2 aliphatic heterocycles. The highest BCUT2D eigenvalue weighted by Gasteiger charge is 2.56. The van der Waals surface area contributed by atoms with E-state index in [1.165, 1.54) is 36.4 Å². The van der Waals surface area contributed by atoms with Crippen LogP contribution in [0, 0.1) is 11.7 Å². The van der Waals surface area contributed by atoms with Gasteiger partial charge in [-0.3, -0.25) is 19.3 Å². The highest BCUT2D eigenvalue weighted by Crippen LogP contribution is 2.40. The van der Waals surface area contributed by atoms with Gasteiger partial charge in [-0.2, -0.15) is 23.3 Å². The van der Waals surface area contributed by atoms with Gasteiger partial charge in [-0.25, -0.2) is 4.39 Å². The first-order valence-corrected chi connectivity index (χ1v) is 9.52. The lowest BCUT2D eigenvalue weighted by Crippen LogP contribution is -2.38. The monoisotopic (exact) mass is 465 g/mol. The number of para-hydroxylation sites is 1. The summed E-state index contributed by atoms with van der Waals surface area (Å²) in [5.41, 5.74) is -1.95. The summed E-state index contributed by atoms with van der Waals surface area (Å²) in [6, 6.07) is 12.2. The van der Waals surface area contributed by atoms with E-state index in [1.54, 1.807) is 6.07 Å². The molecule has 164 valence electrons. The van der Waals surface area contributed by atoms with Gasteiger partial charge in [0, 0.05) is 0 Å². The van der Waals surface area contributed by atoms with Crippen LogP contribution < -0.4 is 5.01 Å². The number of nitrogens with zero attached hydrogens (tertiary/aromatic N) is 3. The summed E-state index contributed by atoms with van der Waals surface area (Å²) in [7, 11) is 0. The first-order valence-electron chi connectivity index (χ1n) is 9.14. The Morgan fingerprint density at radius 3 is 2.16 bits per heavy atom. The molecule has 4 rings (SSSR count). The van der Waals surface area contributed by atoms with Gasteiger partial charge in [0.15, 0.2) is 5.71 Å². The van der Waals surface area contributed by atoms with E-state index >= 15 is 0 Å². The smallest absolute Gasteiger partial charge is 0.271 e. The largest absolute Gasteiger partial charge is 0.432 e. The van der Waals surface area contributed by atoms with E-state index in [0.717, 1.165) is 12.1 Å². The van der Waals surface area contributed by atoms with Crippen molar-refractivity contribution in [2.24, 2.45) is 11.0 Å². The summed E-state index contributed by atoms with van der Waals surface area (Å²) in [5, 5.41) is 3.15. The summed E-state index contributed by atoms with van der Waals surface area (Å²) in [6.45, 7) is -0.362. The van der Waals surface area contributed by atoms with E-state index in [2.05, 4.69) is 5.10 Å². The maximum absolute atomic E-state index is 13.7. The highest BCUT2D eigenvalue weighted by atomic mass is 35.5. The van der Waals surface area contributed by atoms with Crippen molar-refractivity contribution in [2.75, 3.05) is 5.01 Å².